The molecule has 1 aliphatic heterocycles. The first-order valence-corrected chi connectivity index (χ1v) is 19.6. The Labute approximate surface area is 291 Å². The summed E-state index contributed by atoms with van der Waals surface area (Å²) >= 11 is 0. The fraction of sp³-hybridized carbons (Fsp3) is 0.947. The van der Waals surface area contributed by atoms with Crippen LogP contribution in [-0.4, -0.2) is 89.0 Å². The average molecular weight is 689 g/mol. The van der Waals surface area contributed by atoms with Crippen LogP contribution >= 0.6 is 0 Å². The lowest BCUT2D eigenvalue weighted by Gasteiger charge is -2.39. The first-order chi connectivity index (χ1) is 23.3. The predicted octanol–water partition coefficient (Wildman–Crippen LogP) is 7.05. The Balaban J connectivity index is 2.33. The second-order valence-electron chi connectivity index (χ2n) is 13.8. The first-order valence-electron chi connectivity index (χ1n) is 19.6. The largest absolute Gasteiger partial charge is 0.462 e. The molecule has 48 heavy (non-hydrogen) atoms. The Morgan fingerprint density at radius 3 is 1.42 bits per heavy atom. The Kier molecular flexibility index (Phi) is 28.4. The first kappa shape index (κ1) is 44.7. The van der Waals surface area contributed by atoms with E-state index in [-0.39, 0.29) is 32.0 Å². The maximum Gasteiger partial charge on any atom is 0.306 e. The lowest BCUT2D eigenvalue weighted by atomic mass is 9.99. The quantitative estimate of drug-likeness (QED) is 0.0427. The molecule has 1 aliphatic rings. The van der Waals surface area contributed by atoms with Gasteiger partial charge in [-0.2, -0.15) is 0 Å². The maximum absolute atomic E-state index is 12.7. The molecule has 10 nitrogen and oxygen atoms in total. The van der Waals surface area contributed by atoms with E-state index >= 15 is 0 Å². The molecule has 284 valence electrons. The van der Waals surface area contributed by atoms with E-state index in [1.54, 1.807) is 0 Å². The van der Waals surface area contributed by atoms with Gasteiger partial charge >= 0.3 is 11.9 Å². The predicted molar refractivity (Wildman–Crippen MR) is 187 cm³/mol. The SMILES string of the molecule is CCCCCCCCCCCCCCCCCCC(=O)O[C@H](COC(=O)CCCCCCCCC)CO[C@H]1O[C@@H](CO)[C@@H](O)C(O)C1O. The van der Waals surface area contributed by atoms with E-state index in [0.29, 0.717) is 6.42 Å². The molecular formula is C38H72O10. The van der Waals surface area contributed by atoms with Crippen LogP contribution in [0.2, 0.25) is 0 Å². The number of esters is 2. The van der Waals surface area contributed by atoms with Gasteiger partial charge in [0.15, 0.2) is 12.4 Å². The standard InChI is InChI=1S/C38H72O10/c1-3-5-7-9-11-12-13-14-15-16-17-18-19-21-23-25-27-34(41)47-31(29-45-33(40)26-24-22-20-10-8-6-4-2)30-46-38-37(44)36(43)35(42)32(28-39)48-38/h31-32,35-39,42-44H,3-30H2,1-2H3/t31-,32+,35-,36?,37?,38+/m1/s1. The average Bonchev–Trinajstić information content (AvgIpc) is 3.08. The molecule has 0 aromatic rings. The van der Waals surface area contributed by atoms with Crippen LogP contribution in [0.5, 0.6) is 0 Å². The van der Waals surface area contributed by atoms with Gasteiger partial charge in [0.2, 0.25) is 0 Å². The molecule has 0 bridgehead atoms. The Hall–Kier alpha value is -1.30. The highest BCUT2D eigenvalue weighted by atomic mass is 16.7. The lowest BCUT2D eigenvalue weighted by molar-refractivity contribution is -0.305. The molecule has 1 rings (SSSR count). The van der Waals surface area contributed by atoms with Crippen LogP contribution in [0.25, 0.3) is 0 Å². The molecule has 0 saturated carbocycles. The molecule has 0 aliphatic carbocycles. The van der Waals surface area contributed by atoms with Gasteiger partial charge in [-0.3, -0.25) is 9.59 Å². The van der Waals surface area contributed by atoms with Crippen molar-refractivity contribution < 1.29 is 49.0 Å². The summed E-state index contributed by atoms with van der Waals surface area (Å²) in [5, 5.41) is 39.8. The van der Waals surface area contributed by atoms with E-state index in [0.717, 1.165) is 44.9 Å². The van der Waals surface area contributed by atoms with Gasteiger partial charge in [0.25, 0.3) is 0 Å². The topological polar surface area (TPSA) is 152 Å². The molecule has 10 heteroatoms. The van der Waals surface area contributed by atoms with Crippen molar-refractivity contribution in [3.8, 4) is 0 Å². The summed E-state index contributed by atoms with van der Waals surface area (Å²) in [5.41, 5.74) is 0. The van der Waals surface area contributed by atoms with Crippen LogP contribution in [0.15, 0.2) is 0 Å². The van der Waals surface area contributed by atoms with Crippen molar-refractivity contribution in [3.05, 3.63) is 0 Å². The third-order valence-electron chi connectivity index (χ3n) is 9.24. The van der Waals surface area contributed by atoms with Gasteiger partial charge in [-0.15, -0.1) is 0 Å². The summed E-state index contributed by atoms with van der Waals surface area (Å²) < 4.78 is 22.0. The van der Waals surface area contributed by atoms with Gasteiger partial charge < -0.3 is 39.4 Å². The van der Waals surface area contributed by atoms with Crippen molar-refractivity contribution in [2.75, 3.05) is 19.8 Å². The van der Waals surface area contributed by atoms with Crippen LogP contribution in [0.1, 0.15) is 174 Å². The van der Waals surface area contributed by atoms with Crippen LogP contribution < -0.4 is 0 Å². The second-order valence-corrected chi connectivity index (χ2v) is 13.8. The van der Waals surface area contributed by atoms with Gasteiger partial charge in [-0.1, -0.05) is 149 Å². The molecule has 0 radical (unpaired) electrons. The van der Waals surface area contributed by atoms with E-state index < -0.39 is 49.4 Å². The number of hydrogen-bond acceptors (Lipinski definition) is 10. The van der Waals surface area contributed by atoms with Crippen molar-refractivity contribution in [1.29, 1.82) is 0 Å². The summed E-state index contributed by atoms with van der Waals surface area (Å²) in [6.07, 6.45) is 19.9. The number of unbranched alkanes of at least 4 members (excludes halogenated alkanes) is 21. The molecule has 0 aromatic heterocycles. The smallest absolute Gasteiger partial charge is 0.306 e. The van der Waals surface area contributed by atoms with Crippen LogP contribution in [0.4, 0.5) is 0 Å². The van der Waals surface area contributed by atoms with Crippen molar-refractivity contribution in [2.24, 2.45) is 0 Å². The minimum atomic E-state index is -1.59. The van der Waals surface area contributed by atoms with E-state index in [1.165, 1.54) is 96.3 Å². The summed E-state index contributed by atoms with van der Waals surface area (Å²) in [5.74, 6) is -0.804. The van der Waals surface area contributed by atoms with Crippen molar-refractivity contribution in [3.63, 3.8) is 0 Å². The van der Waals surface area contributed by atoms with E-state index in [2.05, 4.69) is 13.8 Å². The number of carbonyl (C=O) groups is 2. The second kappa shape index (κ2) is 30.5. The summed E-state index contributed by atoms with van der Waals surface area (Å²) in [6, 6.07) is 0. The molecule has 6 atom stereocenters. The van der Waals surface area contributed by atoms with E-state index in [4.69, 9.17) is 18.9 Å². The van der Waals surface area contributed by atoms with Gasteiger partial charge in [0.1, 0.15) is 31.0 Å². The number of ether oxygens (including phenoxy) is 4. The van der Waals surface area contributed by atoms with Gasteiger partial charge in [0, 0.05) is 12.8 Å². The monoisotopic (exact) mass is 689 g/mol. The third kappa shape index (κ3) is 22.4. The molecule has 0 aromatic carbocycles. The van der Waals surface area contributed by atoms with Crippen molar-refractivity contribution >= 4 is 11.9 Å². The Morgan fingerprint density at radius 2 is 0.979 bits per heavy atom. The van der Waals surface area contributed by atoms with Crippen molar-refractivity contribution in [1.82, 2.24) is 0 Å². The molecule has 0 amide bonds. The zero-order valence-corrected chi connectivity index (χ0v) is 30.5. The van der Waals surface area contributed by atoms with Crippen molar-refractivity contribution in [2.45, 2.75) is 211 Å². The summed E-state index contributed by atoms with van der Waals surface area (Å²) in [4.78, 5) is 25.0. The molecule has 1 fully saturated rings. The summed E-state index contributed by atoms with van der Waals surface area (Å²) in [6.45, 7) is 3.37. The molecule has 1 heterocycles. The fourth-order valence-electron chi connectivity index (χ4n) is 6.07. The fourth-order valence-corrected chi connectivity index (χ4v) is 6.07. The molecule has 4 N–H and O–H groups in total. The van der Waals surface area contributed by atoms with Gasteiger partial charge in [0.05, 0.1) is 13.2 Å². The van der Waals surface area contributed by atoms with E-state index in [9.17, 15) is 30.0 Å². The highest BCUT2D eigenvalue weighted by Gasteiger charge is 2.44. The van der Waals surface area contributed by atoms with Gasteiger partial charge in [-0.05, 0) is 12.8 Å². The number of hydrogen-bond donors (Lipinski definition) is 4. The highest BCUT2D eigenvalue weighted by molar-refractivity contribution is 5.70. The van der Waals surface area contributed by atoms with E-state index in [1.807, 2.05) is 0 Å². The number of aliphatic hydroxyl groups excluding tert-OH is 4. The number of carbonyl (C=O) groups excluding carboxylic acids is 2. The maximum atomic E-state index is 12.7. The zero-order valence-electron chi connectivity index (χ0n) is 30.5. The van der Waals surface area contributed by atoms with Crippen LogP contribution in [-0.2, 0) is 28.5 Å². The third-order valence-corrected chi connectivity index (χ3v) is 9.24. The molecular weight excluding hydrogens is 616 g/mol. The molecule has 2 unspecified atom stereocenters. The summed E-state index contributed by atoms with van der Waals surface area (Å²) in [7, 11) is 0. The van der Waals surface area contributed by atoms with Crippen LogP contribution in [0, 0.1) is 0 Å². The minimum Gasteiger partial charge on any atom is -0.462 e. The zero-order chi connectivity index (χ0) is 35.2. The lowest BCUT2D eigenvalue weighted by Crippen LogP contribution is -2.59. The minimum absolute atomic E-state index is 0.211. The highest BCUT2D eigenvalue weighted by Crippen LogP contribution is 2.22. The normalized spacial score (nSPS) is 21.7. The van der Waals surface area contributed by atoms with Crippen LogP contribution in [0.3, 0.4) is 0 Å². The number of rotatable bonds is 32. The Morgan fingerprint density at radius 1 is 0.562 bits per heavy atom. The molecule has 1 saturated heterocycles. The Bertz CT molecular complexity index is 764. The number of aliphatic hydroxyl groups is 4. The molecule has 0 spiro atoms. The van der Waals surface area contributed by atoms with Gasteiger partial charge in [-0.25, -0.2) is 0 Å².